The van der Waals surface area contributed by atoms with Gasteiger partial charge in [-0.05, 0) is 65.3 Å². The summed E-state index contributed by atoms with van der Waals surface area (Å²) in [5, 5.41) is 3.13. The maximum atomic E-state index is 5.71. The Balaban J connectivity index is 1.80. The molecule has 0 aliphatic rings. The van der Waals surface area contributed by atoms with E-state index >= 15 is 0 Å². The quantitative estimate of drug-likeness (QED) is 0.768. The van der Waals surface area contributed by atoms with Gasteiger partial charge >= 0.3 is 0 Å². The second kappa shape index (κ2) is 8.05. The maximum Gasteiger partial charge on any atom is 0.133 e. The van der Waals surface area contributed by atoms with Crippen LogP contribution in [0.25, 0.3) is 0 Å². The van der Waals surface area contributed by atoms with Gasteiger partial charge in [0.05, 0.1) is 4.47 Å². The molecule has 4 heteroatoms. The number of aryl methyl sites for hydroxylation is 1. The van der Waals surface area contributed by atoms with Gasteiger partial charge in [-0.1, -0.05) is 18.2 Å². The van der Waals surface area contributed by atoms with E-state index in [2.05, 4.69) is 34.2 Å². The third-order valence-corrected chi connectivity index (χ3v) is 3.60. The molecule has 112 valence electrons. The van der Waals surface area contributed by atoms with Crippen molar-refractivity contribution in [2.24, 2.45) is 0 Å². The van der Waals surface area contributed by atoms with Crippen LogP contribution in [-0.2, 0) is 6.54 Å². The van der Waals surface area contributed by atoms with Crippen molar-refractivity contribution in [1.82, 2.24) is 5.32 Å². The number of hydrogen-bond donors (Lipinski definition) is 1. The average molecular weight is 350 g/mol. The second-order valence-corrected chi connectivity index (χ2v) is 5.66. The van der Waals surface area contributed by atoms with E-state index in [9.17, 15) is 0 Å². The topological polar surface area (TPSA) is 30.5 Å². The van der Waals surface area contributed by atoms with Crippen LogP contribution in [0.15, 0.2) is 46.9 Å². The predicted molar refractivity (Wildman–Crippen MR) is 89.1 cm³/mol. The lowest BCUT2D eigenvalue weighted by Gasteiger charge is -2.11. The van der Waals surface area contributed by atoms with Crippen molar-refractivity contribution in [2.45, 2.75) is 13.5 Å². The minimum Gasteiger partial charge on any atom is -0.490 e. The van der Waals surface area contributed by atoms with Crippen LogP contribution in [-0.4, -0.2) is 20.3 Å². The third-order valence-electron chi connectivity index (χ3n) is 2.98. The van der Waals surface area contributed by atoms with Crippen molar-refractivity contribution in [1.29, 1.82) is 0 Å². The SMILES string of the molecule is CNCc1cccc(OCCOc2ccc(C)cc2Br)c1. The average Bonchev–Trinajstić information content (AvgIpc) is 2.46. The molecule has 0 aromatic heterocycles. The molecule has 1 N–H and O–H groups in total. The first kappa shape index (κ1) is 15.9. The summed E-state index contributed by atoms with van der Waals surface area (Å²) in [5.41, 5.74) is 2.41. The van der Waals surface area contributed by atoms with Gasteiger partial charge in [-0.2, -0.15) is 0 Å². The van der Waals surface area contributed by atoms with E-state index in [4.69, 9.17) is 9.47 Å². The summed E-state index contributed by atoms with van der Waals surface area (Å²) in [6.45, 7) is 3.92. The maximum absolute atomic E-state index is 5.71. The Labute approximate surface area is 134 Å². The molecular formula is C17H20BrNO2. The number of hydrogen-bond acceptors (Lipinski definition) is 3. The zero-order valence-electron chi connectivity index (χ0n) is 12.4. The lowest BCUT2D eigenvalue weighted by molar-refractivity contribution is 0.216. The highest BCUT2D eigenvalue weighted by Gasteiger charge is 2.01. The van der Waals surface area contributed by atoms with Crippen molar-refractivity contribution >= 4 is 15.9 Å². The fraction of sp³-hybridized carbons (Fsp3) is 0.294. The summed E-state index contributed by atoms with van der Waals surface area (Å²) in [4.78, 5) is 0. The molecule has 2 rings (SSSR count). The molecule has 21 heavy (non-hydrogen) atoms. The van der Waals surface area contributed by atoms with Gasteiger partial charge in [0.25, 0.3) is 0 Å². The van der Waals surface area contributed by atoms with Crippen molar-refractivity contribution in [3.8, 4) is 11.5 Å². The summed E-state index contributed by atoms with van der Waals surface area (Å²) >= 11 is 3.50. The van der Waals surface area contributed by atoms with E-state index < -0.39 is 0 Å². The third kappa shape index (κ3) is 5.06. The molecule has 0 saturated carbocycles. The summed E-state index contributed by atoms with van der Waals surface area (Å²) in [6.07, 6.45) is 0. The summed E-state index contributed by atoms with van der Waals surface area (Å²) < 4.78 is 12.4. The number of nitrogens with one attached hydrogen (secondary N) is 1. The molecular weight excluding hydrogens is 330 g/mol. The molecule has 0 saturated heterocycles. The fourth-order valence-electron chi connectivity index (χ4n) is 1.98. The Kier molecular flexibility index (Phi) is 6.08. The van der Waals surface area contributed by atoms with Crippen molar-refractivity contribution in [2.75, 3.05) is 20.3 Å². The van der Waals surface area contributed by atoms with Gasteiger partial charge in [-0.25, -0.2) is 0 Å². The van der Waals surface area contributed by atoms with Crippen molar-refractivity contribution in [3.05, 3.63) is 58.1 Å². The molecule has 0 unspecified atom stereocenters. The molecule has 2 aromatic carbocycles. The van der Waals surface area contributed by atoms with Crippen LogP contribution < -0.4 is 14.8 Å². The van der Waals surface area contributed by atoms with Crippen molar-refractivity contribution < 1.29 is 9.47 Å². The normalized spacial score (nSPS) is 10.4. The highest BCUT2D eigenvalue weighted by molar-refractivity contribution is 9.10. The molecule has 2 aromatic rings. The summed E-state index contributed by atoms with van der Waals surface area (Å²) in [5.74, 6) is 1.71. The van der Waals surface area contributed by atoms with Crippen molar-refractivity contribution in [3.63, 3.8) is 0 Å². The van der Waals surface area contributed by atoms with Gasteiger partial charge < -0.3 is 14.8 Å². The highest BCUT2D eigenvalue weighted by Crippen LogP contribution is 2.25. The highest BCUT2D eigenvalue weighted by atomic mass is 79.9. The van der Waals surface area contributed by atoms with E-state index in [0.29, 0.717) is 13.2 Å². The summed E-state index contributed by atoms with van der Waals surface area (Å²) in [6, 6.07) is 14.1. The molecule has 0 aliphatic heterocycles. The molecule has 0 heterocycles. The van der Waals surface area contributed by atoms with Crippen LogP contribution in [0.4, 0.5) is 0 Å². The molecule has 0 fully saturated rings. The smallest absolute Gasteiger partial charge is 0.133 e. The van der Waals surface area contributed by atoms with Gasteiger partial charge in [0.1, 0.15) is 24.7 Å². The number of rotatable bonds is 7. The first-order valence-electron chi connectivity index (χ1n) is 6.94. The first-order valence-corrected chi connectivity index (χ1v) is 7.73. The van der Waals surface area contributed by atoms with Gasteiger partial charge in [-0.3, -0.25) is 0 Å². The zero-order valence-corrected chi connectivity index (χ0v) is 13.9. The van der Waals surface area contributed by atoms with E-state index in [1.807, 2.05) is 43.4 Å². The van der Waals surface area contributed by atoms with E-state index in [-0.39, 0.29) is 0 Å². The second-order valence-electron chi connectivity index (χ2n) is 4.81. The number of benzene rings is 2. The van der Waals surface area contributed by atoms with Gasteiger partial charge in [-0.15, -0.1) is 0 Å². The van der Waals surface area contributed by atoms with E-state index in [0.717, 1.165) is 22.5 Å². The van der Waals surface area contributed by atoms with Crippen LogP contribution >= 0.6 is 15.9 Å². The van der Waals surface area contributed by atoms with Crippen LogP contribution in [0.2, 0.25) is 0 Å². The molecule has 0 amide bonds. The zero-order chi connectivity index (χ0) is 15.1. The van der Waals surface area contributed by atoms with Crippen LogP contribution in [0.5, 0.6) is 11.5 Å². The van der Waals surface area contributed by atoms with E-state index in [1.54, 1.807) is 0 Å². The minimum atomic E-state index is 0.512. The Hall–Kier alpha value is -1.52. The van der Waals surface area contributed by atoms with Crippen LogP contribution in [0.3, 0.4) is 0 Å². The van der Waals surface area contributed by atoms with Gasteiger partial charge in [0.2, 0.25) is 0 Å². The van der Waals surface area contributed by atoms with Gasteiger partial charge in [0.15, 0.2) is 0 Å². The fourth-order valence-corrected chi connectivity index (χ4v) is 2.59. The molecule has 0 radical (unpaired) electrons. The predicted octanol–water partition coefficient (Wildman–Crippen LogP) is 3.93. The van der Waals surface area contributed by atoms with Gasteiger partial charge in [0, 0.05) is 6.54 Å². The summed E-state index contributed by atoms with van der Waals surface area (Å²) in [7, 11) is 1.93. The first-order chi connectivity index (χ1) is 10.2. The standard InChI is InChI=1S/C17H20BrNO2/c1-13-6-7-17(16(18)10-13)21-9-8-20-15-5-3-4-14(11-15)12-19-2/h3-7,10-11,19H,8-9,12H2,1-2H3. The molecule has 0 atom stereocenters. The van der Waals surface area contributed by atoms with Crippen LogP contribution in [0, 0.1) is 6.92 Å². The number of halogens is 1. The lowest BCUT2D eigenvalue weighted by Crippen LogP contribution is -2.10. The Morgan fingerprint density at radius 3 is 2.62 bits per heavy atom. The monoisotopic (exact) mass is 349 g/mol. The molecule has 3 nitrogen and oxygen atoms in total. The van der Waals surface area contributed by atoms with E-state index in [1.165, 1.54) is 11.1 Å². The molecule has 0 spiro atoms. The van der Waals surface area contributed by atoms with Crippen LogP contribution in [0.1, 0.15) is 11.1 Å². The Morgan fingerprint density at radius 1 is 1.05 bits per heavy atom. The number of ether oxygens (including phenoxy) is 2. The Morgan fingerprint density at radius 2 is 1.86 bits per heavy atom. The molecule has 0 bridgehead atoms. The largest absolute Gasteiger partial charge is 0.490 e. The molecule has 0 aliphatic carbocycles. The minimum absolute atomic E-state index is 0.512. The lowest BCUT2D eigenvalue weighted by atomic mass is 10.2. The Bertz CT molecular complexity index is 587.